The van der Waals surface area contributed by atoms with Gasteiger partial charge in [-0.2, -0.15) is 0 Å². The molecule has 1 aliphatic carbocycles. The Kier molecular flexibility index (Phi) is 3.71. The van der Waals surface area contributed by atoms with Crippen LogP contribution in [-0.4, -0.2) is 35.2 Å². The Bertz CT molecular complexity index is 868. The highest BCUT2D eigenvalue weighted by atomic mass is 16.3. The highest BCUT2D eigenvalue weighted by molar-refractivity contribution is 6.00. The molecule has 7 heteroatoms. The van der Waals surface area contributed by atoms with Crippen LogP contribution in [0.2, 0.25) is 0 Å². The van der Waals surface area contributed by atoms with Gasteiger partial charge in [-0.25, -0.2) is 0 Å². The maximum absolute atomic E-state index is 12.3. The summed E-state index contributed by atoms with van der Waals surface area (Å²) in [5.41, 5.74) is 6.15. The zero-order valence-electron chi connectivity index (χ0n) is 13.9. The lowest BCUT2D eigenvalue weighted by Crippen LogP contribution is -2.45. The van der Waals surface area contributed by atoms with Gasteiger partial charge in [-0.15, -0.1) is 0 Å². The molecule has 0 spiro atoms. The number of furan rings is 1. The van der Waals surface area contributed by atoms with E-state index in [9.17, 15) is 14.4 Å². The standard InChI is InChI=1S/C18H19N3O4/c1-10-13-4-2-3-5-14(13)25-16(10)18(24)20-19-17(23)11-8-15(22)21(9-11)12-6-7-12/h2-5,11-12H,6-9H2,1H3,(H,19,23)(H,20,24). The number of para-hydroxylation sites is 1. The number of carbonyl (C=O) groups is 3. The number of nitrogens with one attached hydrogen (secondary N) is 2. The molecule has 2 heterocycles. The molecule has 2 aromatic rings. The summed E-state index contributed by atoms with van der Waals surface area (Å²) in [6.07, 6.45) is 2.23. The van der Waals surface area contributed by atoms with Crippen molar-refractivity contribution in [1.29, 1.82) is 0 Å². The lowest BCUT2D eigenvalue weighted by molar-refractivity contribution is -0.129. The van der Waals surface area contributed by atoms with Crippen LogP contribution < -0.4 is 10.9 Å². The molecule has 0 radical (unpaired) electrons. The summed E-state index contributed by atoms with van der Waals surface area (Å²) in [6, 6.07) is 7.67. The first-order valence-corrected chi connectivity index (χ1v) is 8.42. The smallest absolute Gasteiger partial charge is 0.305 e. The zero-order valence-corrected chi connectivity index (χ0v) is 13.9. The van der Waals surface area contributed by atoms with Crippen LogP contribution in [0.15, 0.2) is 28.7 Å². The van der Waals surface area contributed by atoms with E-state index in [1.54, 1.807) is 17.9 Å². The molecule has 25 heavy (non-hydrogen) atoms. The van der Waals surface area contributed by atoms with Crippen molar-refractivity contribution in [3.63, 3.8) is 0 Å². The van der Waals surface area contributed by atoms with Crippen LogP contribution in [0.25, 0.3) is 11.0 Å². The fourth-order valence-electron chi connectivity index (χ4n) is 3.31. The van der Waals surface area contributed by atoms with Crippen molar-refractivity contribution in [3.05, 3.63) is 35.6 Å². The Morgan fingerprint density at radius 2 is 1.96 bits per heavy atom. The molecule has 1 saturated carbocycles. The topological polar surface area (TPSA) is 91.7 Å². The van der Waals surface area contributed by atoms with Gasteiger partial charge in [0.15, 0.2) is 5.76 Å². The van der Waals surface area contributed by atoms with Gasteiger partial charge in [0.2, 0.25) is 11.8 Å². The van der Waals surface area contributed by atoms with E-state index in [1.165, 1.54) is 0 Å². The number of hydrazine groups is 1. The van der Waals surface area contributed by atoms with Crippen LogP contribution in [0.1, 0.15) is 35.4 Å². The third-order valence-corrected chi connectivity index (χ3v) is 4.87. The lowest BCUT2D eigenvalue weighted by atomic mass is 10.1. The number of benzene rings is 1. The Labute approximate surface area is 144 Å². The summed E-state index contributed by atoms with van der Waals surface area (Å²) in [4.78, 5) is 38.2. The van der Waals surface area contributed by atoms with Crippen LogP contribution in [0.3, 0.4) is 0 Å². The quantitative estimate of drug-likeness (QED) is 0.828. The number of rotatable bonds is 3. The van der Waals surface area contributed by atoms with Gasteiger partial charge in [-0.05, 0) is 25.8 Å². The monoisotopic (exact) mass is 341 g/mol. The first-order chi connectivity index (χ1) is 12.0. The average Bonchev–Trinajstić information content (AvgIpc) is 3.30. The van der Waals surface area contributed by atoms with Crippen molar-refractivity contribution in [2.24, 2.45) is 5.92 Å². The summed E-state index contributed by atoms with van der Waals surface area (Å²) in [5, 5.41) is 0.862. The van der Waals surface area contributed by atoms with Crippen LogP contribution in [-0.2, 0) is 9.59 Å². The number of fused-ring (bicyclic) bond motifs is 1. The summed E-state index contributed by atoms with van der Waals surface area (Å²) >= 11 is 0. The number of amides is 3. The molecule has 2 aliphatic rings. The molecule has 3 amide bonds. The molecule has 1 aromatic carbocycles. The predicted molar refractivity (Wildman–Crippen MR) is 89.4 cm³/mol. The molecule has 2 fully saturated rings. The van der Waals surface area contributed by atoms with E-state index in [0.29, 0.717) is 18.2 Å². The normalized spacial score (nSPS) is 20.1. The second-order valence-electron chi connectivity index (χ2n) is 6.67. The number of aryl methyl sites for hydroxylation is 1. The molecule has 130 valence electrons. The SMILES string of the molecule is Cc1c(C(=O)NNC(=O)C2CC(=O)N(C3CC3)C2)oc2ccccc12. The third-order valence-electron chi connectivity index (χ3n) is 4.87. The van der Waals surface area contributed by atoms with Gasteiger partial charge in [-0.3, -0.25) is 25.2 Å². The number of nitrogens with zero attached hydrogens (tertiary/aromatic N) is 1. The van der Waals surface area contributed by atoms with Crippen molar-refractivity contribution in [2.45, 2.75) is 32.2 Å². The Morgan fingerprint density at radius 1 is 1.20 bits per heavy atom. The number of hydrogen-bond acceptors (Lipinski definition) is 4. The number of likely N-dealkylation sites (tertiary alicyclic amines) is 1. The van der Waals surface area contributed by atoms with Gasteiger partial charge >= 0.3 is 5.91 Å². The minimum atomic E-state index is -0.509. The van der Waals surface area contributed by atoms with Gasteiger partial charge in [-0.1, -0.05) is 18.2 Å². The predicted octanol–water partition coefficient (Wildman–Crippen LogP) is 1.51. The fraction of sp³-hybridized carbons (Fsp3) is 0.389. The van der Waals surface area contributed by atoms with Crippen molar-refractivity contribution in [3.8, 4) is 0 Å². The minimum absolute atomic E-state index is 0.0158. The van der Waals surface area contributed by atoms with Crippen LogP contribution in [0.5, 0.6) is 0 Å². The molecule has 1 unspecified atom stereocenters. The van der Waals surface area contributed by atoms with Crippen LogP contribution >= 0.6 is 0 Å². The molecule has 1 aliphatic heterocycles. The van der Waals surface area contributed by atoms with Crippen molar-refractivity contribution < 1.29 is 18.8 Å². The minimum Gasteiger partial charge on any atom is -0.451 e. The second kappa shape index (κ2) is 5.91. The zero-order chi connectivity index (χ0) is 17.6. The molecule has 1 atom stereocenters. The molecular weight excluding hydrogens is 322 g/mol. The van der Waals surface area contributed by atoms with E-state index >= 15 is 0 Å². The molecule has 1 saturated heterocycles. The molecule has 0 bridgehead atoms. The maximum Gasteiger partial charge on any atom is 0.305 e. The highest BCUT2D eigenvalue weighted by Crippen LogP contribution is 2.32. The summed E-state index contributed by atoms with van der Waals surface area (Å²) in [7, 11) is 0. The van der Waals surface area contributed by atoms with Crippen molar-refractivity contribution >= 4 is 28.7 Å². The highest BCUT2D eigenvalue weighted by Gasteiger charge is 2.41. The molecule has 1 aromatic heterocycles. The summed E-state index contributed by atoms with van der Waals surface area (Å²) < 4.78 is 5.57. The Balaban J connectivity index is 1.39. The molecule has 2 N–H and O–H groups in total. The Hall–Kier alpha value is -2.83. The summed E-state index contributed by atoms with van der Waals surface area (Å²) in [5.74, 6) is -1.10. The van der Waals surface area contributed by atoms with E-state index in [2.05, 4.69) is 10.9 Å². The number of carbonyl (C=O) groups excluding carboxylic acids is 3. The van der Waals surface area contributed by atoms with Gasteiger partial charge in [0.05, 0.1) is 5.92 Å². The van der Waals surface area contributed by atoms with E-state index in [1.807, 2.05) is 18.2 Å². The van der Waals surface area contributed by atoms with Gasteiger partial charge in [0.25, 0.3) is 0 Å². The van der Waals surface area contributed by atoms with Crippen LogP contribution in [0.4, 0.5) is 0 Å². The molecule has 7 nitrogen and oxygen atoms in total. The van der Waals surface area contributed by atoms with Gasteiger partial charge in [0, 0.05) is 30.0 Å². The second-order valence-corrected chi connectivity index (χ2v) is 6.67. The Morgan fingerprint density at radius 3 is 2.68 bits per heavy atom. The van der Waals surface area contributed by atoms with E-state index in [4.69, 9.17) is 4.42 Å². The van der Waals surface area contributed by atoms with Crippen LogP contribution in [0, 0.1) is 12.8 Å². The largest absolute Gasteiger partial charge is 0.451 e. The average molecular weight is 341 g/mol. The third kappa shape index (κ3) is 2.86. The fourth-order valence-corrected chi connectivity index (χ4v) is 3.31. The molecule has 4 rings (SSSR count). The summed E-state index contributed by atoms with van der Waals surface area (Å²) in [6.45, 7) is 2.22. The number of hydrogen-bond donors (Lipinski definition) is 2. The molecular formula is C18H19N3O4. The van der Waals surface area contributed by atoms with E-state index in [0.717, 1.165) is 23.8 Å². The van der Waals surface area contributed by atoms with E-state index < -0.39 is 11.8 Å². The van der Waals surface area contributed by atoms with Crippen molar-refractivity contribution in [2.75, 3.05) is 6.54 Å². The first-order valence-electron chi connectivity index (χ1n) is 8.42. The maximum atomic E-state index is 12.3. The van der Waals surface area contributed by atoms with E-state index in [-0.39, 0.29) is 24.0 Å². The van der Waals surface area contributed by atoms with Gasteiger partial charge < -0.3 is 9.32 Å². The van der Waals surface area contributed by atoms with Gasteiger partial charge in [0.1, 0.15) is 5.58 Å². The first kappa shape index (κ1) is 15.7. The van der Waals surface area contributed by atoms with Crippen molar-refractivity contribution in [1.82, 2.24) is 15.8 Å². The lowest BCUT2D eigenvalue weighted by Gasteiger charge is -2.15.